The molecule has 2 aromatic carbocycles. The number of nitrogens with zero attached hydrogens (tertiary/aromatic N) is 3. The molecule has 0 atom stereocenters. The molecule has 0 unspecified atom stereocenters. The highest BCUT2D eigenvalue weighted by molar-refractivity contribution is 6.03. The molecule has 3 aromatic rings. The van der Waals surface area contributed by atoms with Gasteiger partial charge >= 0.3 is 0 Å². The maximum atomic E-state index is 13.1. The summed E-state index contributed by atoms with van der Waals surface area (Å²) in [6.45, 7) is 0. The second kappa shape index (κ2) is 7.19. The Kier molecular flexibility index (Phi) is 4.62. The normalized spacial score (nSPS) is 9.92. The van der Waals surface area contributed by atoms with Gasteiger partial charge in [-0.05, 0) is 48.5 Å². The van der Waals surface area contributed by atoms with Gasteiger partial charge in [0.25, 0.3) is 5.91 Å². The Morgan fingerprint density at radius 3 is 2.48 bits per heavy atom. The molecule has 122 valence electrons. The molecule has 0 bridgehead atoms. The maximum absolute atomic E-state index is 13.1. The van der Waals surface area contributed by atoms with Crippen molar-refractivity contribution in [3.05, 3.63) is 77.6 Å². The van der Waals surface area contributed by atoms with Crippen LogP contribution in [0.5, 0.6) is 0 Å². The fourth-order valence-corrected chi connectivity index (χ4v) is 2.10. The molecule has 0 radical (unpaired) electrons. The maximum Gasteiger partial charge on any atom is 0.256 e. The van der Waals surface area contributed by atoms with E-state index in [0.717, 1.165) is 6.07 Å². The molecule has 7 heteroatoms. The zero-order valence-electron chi connectivity index (χ0n) is 12.9. The van der Waals surface area contributed by atoms with Gasteiger partial charge in [-0.1, -0.05) is 12.1 Å². The molecular weight excluding hydrogens is 321 g/mol. The molecule has 0 saturated heterocycles. The molecule has 0 aliphatic carbocycles. The van der Waals surface area contributed by atoms with Crippen LogP contribution in [0.15, 0.2) is 60.7 Å². The van der Waals surface area contributed by atoms with Crippen LogP contribution >= 0.6 is 0 Å². The average Bonchev–Trinajstić information content (AvgIpc) is 2.63. The zero-order valence-corrected chi connectivity index (χ0v) is 12.9. The van der Waals surface area contributed by atoms with Gasteiger partial charge in [-0.25, -0.2) is 4.39 Å². The lowest BCUT2D eigenvalue weighted by molar-refractivity contribution is 0.102. The van der Waals surface area contributed by atoms with E-state index in [4.69, 9.17) is 5.26 Å². The fraction of sp³-hybridized carbons (Fsp3) is 0. The Hall–Kier alpha value is -3.79. The number of benzene rings is 2. The molecule has 25 heavy (non-hydrogen) atoms. The minimum atomic E-state index is -0.488. The number of hydrogen-bond donors (Lipinski definition) is 2. The lowest BCUT2D eigenvalue weighted by atomic mass is 10.2. The molecule has 0 saturated carbocycles. The lowest BCUT2D eigenvalue weighted by Gasteiger charge is -2.07. The first-order valence-electron chi connectivity index (χ1n) is 7.32. The highest BCUT2D eigenvalue weighted by atomic mass is 19.1. The Morgan fingerprint density at radius 1 is 1.00 bits per heavy atom. The lowest BCUT2D eigenvalue weighted by Crippen LogP contribution is -2.13. The van der Waals surface area contributed by atoms with Crippen LogP contribution in [0.2, 0.25) is 0 Å². The van der Waals surface area contributed by atoms with Crippen molar-refractivity contribution in [1.82, 2.24) is 10.2 Å². The summed E-state index contributed by atoms with van der Waals surface area (Å²) in [5.41, 5.74) is 1.42. The predicted molar refractivity (Wildman–Crippen MR) is 90.8 cm³/mol. The van der Waals surface area contributed by atoms with E-state index in [0.29, 0.717) is 17.1 Å². The van der Waals surface area contributed by atoms with Crippen molar-refractivity contribution in [2.75, 3.05) is 10.6 Å². The van der Waals surface area contributed by atoms with E-state index >= 15 is 0 Å². The molecule has 0 aliphatic heterocycles. The number of halogens is 1. The van der Waals surface area contributed by atoms with E-state index in [1.54, 1.807) is 36.4 Å². The highest BCUT2D eigenvalue weighted by Gasteiger charge is 2.08. The van der Waals surface area contributed by atoms with Gasteiger partial charge in [0.2, 0.25) is 0 Å². The third-order valence-electron chi connectivity index (χ3n) is 3.26. The van der Waals surface area contributed by atoms with E-state index in [9.17, 15) is 9.18 Å². The highest BCUT2D eigenvalue weighted by Crippen LogP contribution is 2.16. The van der Waals surface area contributed by atoms with Gasteiger partial charge in [-0.3, -0.25) is 4.79 Å². The first kappa shape index (κ1) is 16.1. The van der Waals surface area contributed by atoms with Gasteiger partial charge in [0.05, 0.1) is 11.6 Å². The molecule has 2 N–H and O–H groups in total. The fourth-order valence-electron chi connectivity index (χ4n) is 2.10. The molecule has 0 fully saturated rings. The molecular formula is C18H12FN5O. The third kappa shape index (κ3) is 4.14. The van der Waals surface area contributed by atoms with E-state index in [-0.39, 0.29) is 11.4 Å². The molecule has 6 nitrogen and oxygen atoms in total. The van der Waals surface area contributed by atoms with Crippen molar-refractivity contribution in [1.29, 1.82) is 5.26 Å². The topological polar surface area (TPSA) is 90.7 Å². The smallest absolute Gasteiger partial charge is 0.256 e. The second-order valence-electron chi connectivity index (χ2n) is 5.09. The van der Waals surface area contributed by atoms with Crippen LogP contribution in [0.1, 0.15) is 15.9 Å². The first-order valence-corrected chi connectivity index (χ1v) is 7.32. The third-order valence-corrected chi connectivity index (χ3v) is 3.26. The number of rotatable bonds is 4. The van der Waals surface area contributed by atoms with Crippen LogP contribution in [-0.4, -0.2) is 16.1 Å². The molecule has 3 rings (SSSR count). The number of carbonyl (C=O) groups excluding carboxylic acids is 1. The van der Waals surface area contributed by atoms with Crippen molar-refractivity contribution < 1.29 is 9.18 Å². The summed E-state index contributed by atoms with van der Waals surface area (Å²) in [6, 6.07) is 17.5. The molecule has 1 heterocycles. The summed E-state index contributed by atoms with van der Waals surface area (Å²) >= 11 is 0. The summed E-state index contributed by atoms with van der Waals surface area (Å²) in [7, 11) is 0. The number of carbonyl (C=O) groups is 1. The van der Waals surface area contributed by atoms with Crippen LogP contribution in [0.3, 0.4) is 0 Å². The number of amides is 1. The number of nitrogens with one attached hydrogen (secondary N) is 2. The Morgan fingerprint density at radius 2 is 1.76 bits per heavy atom. The zero-order chi connectivity index (χ0) is 17.6. The van der Waals surface area contributed by atoms with Gasteiger partial charge in [-0.15, -0.1) is 10.2 Å². The minimum absolute atomic E-state index is 0.192. The Labute approximate surface area is 143 Å². The molecule has 1 amide bonds. The number of anilines is 3. The molecule has 0 spiro atoms. The Bertz CT molecular complexity index is 950. The van der Waals surface area contributed by atoms with Gasteiger partial charge in [0, 0.05) is 11.3 Å². The van der Waals surface area contributed by atoms with Gasteiger partial charge < -0.3 is 10.6 Å². The molecule has 0 aliphatic rings. The monoisotopic (exact) mass is 333 g/mol. The predicted octanol–water partition coefficient (Wildman–Crippen LogP) is 3.48. The average molecular weight is 333 g/mol. The van der Waals surface area contributed by atoms with E-state index in [1.165, 1.54) is 18.2 Å². The summed E-state index contributed by atoms with van der Waals surface area (Å²) in [4.78, 5) is 12.0. The standard InChI is InChI=1S/C18H12FN5O/c19-14-5-2-4-13(10-14)18(25)22-17-8-7-16(23-24-17)21-15-6-1-3-12(9-15)11-20/h1-10H,(H,21,23)(H,22,24,25). The molecule has 1 aromatic heterocycles. The summed E-state index contributed by atoms with van der Waals surface area (Å²) in [5.74, 6) is -0.265. The van der Waals surface area contributed by atoms with E-state index < -0.39 is 11.7 Å². The van der Waals surface area contributed by atoms with Gasteiger partial charge in [0.15, 0.2) is 11.6 Å². The van der Waals surface area contributed by atoms with Crippen LogP contribution in [0.4, 0.5) is 21.7 Å². The van der Waals surface area contributed by atoms with Crippen LogP contribution < -0.4 is 10.6 Å². The van der Waals surface area contributed by atoms with Crippen LogP contribution in [0, 0.1) is 17.1 Å². The first-order chi connectivity index (χ1) is 12.1. The van der Waals surface area contributed by atoms with E-state index in [1.807, 2.05) is 0 Å². The quantitative estimate of drug-likeness (QED) is 0.763. The summed E-state index contributed by atoms with van der Waals surface area (Å²) in [6.07, 6.45) is 0. The Balaban J connectivity index is 1.68. The number of aromatic nitrogens is 2. The SMILES string of the molecule is N#Cc1cccc(Nc2ccc(NC(=O)c3cccc(F)c3)nn2)c1. The number of nitriles is 1. The summed E-state index contributed by atoms with van der Waals surface area (Å²) < 4.78 is 13.1. The minimum Gasteiger partial charge on any atom is -0.339 e. The van der Waals surface area contributed by atoms with Crippen LogP contribution in [0.25, 0.3) is 0 Å². The van der Waals surface area contributed by atoms with Crippen molar-refractivity contribution >= 4 is 23.2 Å². The second-order valence-corrected chi connectivity index (χ2v) is 5.09. The summed E-state index contributed by atoms with van der Waals surface area (Å²) in [5, 5.41) is 22.3. The largest absolute Gasteiger partial charge is 0.339 e. The van der Waals surface area contributed by atoms with Gasteiger partial charge in [0.1, 0.15) is 5.82 Å². The van der Waals surface area contributed by atoms with Crippen LogP contribution in [-0.2, 0) is 0 Å². The number of hydrogen-bond acceptors (Lipinski definition) is 5. The van der Waals surface area contributed by atoms with Crippen molar-refractivity contribution in [2.24, 2.45) is 0 Å². The van der Waals surface area contributed by atoms with E-state index in [2.05, 4.69) is 26.9 Å². The van der Waals surface area contributed by atoms with Crippen molar-refractivity contribution in [2.45, 2.75) is 0 Å². The van der Waals surface area contributed by atoms with Gasteiger partial charge in [-0.2, -0.15) is 5.26 Å². The van der Waals surface area contributed by atoms with Crippen molar-refractivity contribution in [3.8, 4) is 6.07 Å². The van der Waals surface area contributed by atoms with Crippen molar-refractivity contribution in [3.63, 3.8) is 0 Å².